The average molecular weight is 244 g/mol. The third kappa shape index (κ3) is 2.76. The van der Waals surface area contributed by atoms with Crippen molar-refractivity contribution in [1.82, 2.24) is 0 Å². The number of nitrogens with one attached hydrogen (secondary N) is 1. The number of aromatic hydroxyl groups is 1. The van der Waals surface area contributed by atoms with Gasteiger partial charge in [0, 0.05) is 18.7 Å². The summed E-state index contributed by atoms with van der Waals surface area (Å²) in [5.74, 6) is -0.00355. The molecule has 92 valence electrons. The van der Waals surface area contributed by atoms with Crippen LogP contribution >= 0.6 is 0 Å². The van der Waals surface area contributed by atoms with E-state index in [-0.39, 0.29) is 11.4 Å². The minimum Gasteiger partial charge on any atom is -0.508 e. The quantitative estimate of drug-likeness (QED) is 0.640. The number of nitro benzene ring substituents is 1. The smallest absolute Gasteiger partial charge is 0.292 e. The molecule has 0 aliphatic carbocycles. The van der Waals surface area contributed by atoms with E-state index in [1.807, 2.05) is 30.3 Å². The second-order valence-corrected chi connectivity index (χ2v) is 3.80. The zero-order valence-electron chi connectivity index (χ0n) is 9.54. The van der Waals surface area contributed by atoms with Crippen LogP contribution in [0.15, 0.2) is 48.5 Å². The summed E-state index contributed by atoms with van der Waals surface area (Å²) in [6.07, 6.45) is 0. The van der Waals surface area contributed by atoms with E-state index in [0.717, 1.165) is 5.56 Å². The number of rotatable bonds is 4. The van der Waals surface area contributed by atoms with Crippen LogP contribution in [0.3, 0.4) is 0 Å². The molecule has 0 aliphatic heterocycles. The Morgan fingerprint density at radius 3 is 2.56 bits per heavy atom. The monoisotopic (exact) mass is 244 g/mol. The summed E-state index contributed by atoms with van der Waals surface area (Å²) in [7, 11) is 0. The summed E-state index contributed by atoms with van der Waals surface area (Å²) in [5.41, 5.74) is 1.27. The minimum atomic E-state index is -0.479. The van der Waals surface area contributed by atoms with Crippen molar-refractivity contribution in [3.8, 4) is 5.75 Å². The fraction of sp³-hybridized carbons (Fsp3) is 0.0769. The molecule has 0 atom stereocenters. The van der Waals surface area contributed by atoms with Gasteiger partial charge in [0.1, 0.15) is 11.4 Å². The first-order valence-electron chi connectivity index (χ1n) is 5.42. The summed E-state index contributed by atoms with van der Waals surface area (Å²) in [4.78, 5) is 10.3. The van der Waals surface area contributed by atoms with Crippen LogP contribution in [-0.4, -0.2) is 10.0 Å². The molecule has 0 amide bonds. The molecule has 0 aliphatic rings. The second kappa shape index (κ2) is 5.18. The molecular weight excluding hydrogens is 232 g/mol. The van der Waals surface area contributed by atoms with Crippen molar-refractivity contribution in [2.24, 2.45) is 0 Å². The van der Waals surface area contributed by atoms with Gasteiger partial charge in [-0.1, -0.05) is 30.3 Å². The van der Waals surface area contributed by atoms with Gasteiger partial charge in [0.2, 0.25) is 0 Å². The van der Waals surface area contributed by atoms with Crippen LogP contribution in [0.4, 0.5) is 11.4 Å². The lowest BCUT2D eigenvalue weighted by Crippen LogP contribution is -2.02. The molecule has 0 fully saturated rings. The highest BCUT2D eigenvalue weighted by molar-refractivity contribution is 5.64. The predicted molar refractivity (Wildman–Crippen MR) is 68.5 cm³/mol. The Bertz CT molecular complexity index is 555. The first-order chi connectivity index (χ1) is 8.66. The number of phenols is 1. The zero-order chi connectivity index (χ0) is 13.0. The van der Waals surface area contributed by atoms with Gasteiger partial charge in [-0.05, 0) is 11.6 Å². The molecule has 0 unspecified atom stereocenters. The first-order valence-corrected chi connectivity index (χ1v) is 5.42. The predicted octanol–water partition coefficient (Wildman–Crippen LogP) is 2.91. The highest BCUT2D eigenvalue weighted by Gasteiger charge is 2.13. The molecule has 18 heavy (non-hydrogen) atoms. The molecule has 0 saturated heterocycles. The van der Waals surface area contributed by atoms with Crippen LogP contribution in [0.5, 0.6) is 5.75 Å². The zero-order valence-corrected chi connectivity index (χ0v) is 9.54. The fourth-order valence-corrected chi connectivity index (χ4v) is 1.62. The number of nitro groups is 1. The van der Waals surface area contributed by atoms with Gasteiger partial charge in [0.15, 0.2) is 0 Å². The molecule has 2 rings (SSSR count). The summed E-state index contributed by atoms with van der Waals surface area (Å²) in [5, 5.41) is 23.1. The molecule has 2 aromatic carbocycles. The largest absolute Gasteiger partial charge is 0.508 e. The molecular formula is C13H12N2O3. The van der Waals surface area contributed by atoms with Gasteiger partial charge < -0.3 is 10.4 Å². The van der Waals surface area contributed by atoms with E-state index in [1.165, 1.54) is 18.2 Å². The number of phenolic OH excluding ortho intramolecular Hbond substituents is 1. The maximum Gasteiger partial charge on any atom is 0.292 e. The number of hydrogen-bond acceptors (Lipinski definition) is 4. The molecule has 0 heterocycles. The van der Waals surface area contributed by atoms with Crippen LogP contribution in [-0.2, 0) is 6.54 Å². The lowest BCUT2D eigenvalue weighted by Gasteiger charge is -2.07. The van der Waals surface area contributed by atoms with Crippen molar-refractivity contribution in [3.63, 3.8) is 0 Å². The summed E-state index contributed by atoms with van der Waals surface area (Å²) in [6, 6.07) is 13.5. The highest BCUT2D eigenvalue weighted by atomic mass is 16.6. The molecule has 0 bridgehead atoms. The molecule has 0 spiro atoms. The Hall–Kier alpha value is -2.56. The van der Waals surface area contributed by atoms with E-state index in [2.05, 4.69) is 5.32 Å². The standard InChI is InChI=1S/C13H12N2O3/c16-11-6-7-13(15(17)18)12(8-11)14-9-10-4-2-1-3-5-10/h1-8,14,16H,9H2. The Balaban J connectivity index is 2.18. The number of nitrogens with zero attached hydrogens (tertiary/aromatic N) is 1. The van der Waals surface area contributed by atoms with Crippen molar-refractivity contribution in [1.29, 1.82) is 0 Å². The van der Waals surface area contributed by atoms with E-state index in [0.29, 0.717) is 12.2 Å². The third-order valence-electron chi connectivity index (χ3n) is 2.50. The van der Waals surface area contributed by atoms with E-state index in [4.69, 9.17) is 0 Å². The maximum atomic E-state index is 10.8. The normalized spacial score (nSPS) is 10.0. The van der Waals surface area contributed by atoms with Crippen LogP contribution in [0, 0.1) is 10.1 Å². The Kier molecular flexibility index (Phi) is 3.43. The van der Waals surface area contributed by atoms with Crippen LogP contribution in [0.1, 0.15) is 5.56 Å². The Morgan fingerprint density at radius 1 is 1.17 bits per heavy atom. The van der Waals surface area contributed by atoms with E-state index >= 15 is 0 Å². The van der Waals surface area contributed by atoms with Crippen molar-refractivity contribution in [3.05, 3.63) is 64.2 Å². The first kappa shape index (κ1) is 11.9. The molecule has 0 saturated carbocycles. The molecule has 2 aromatic rings. The van der Waals surface area contributed by atoms with Crippen molar-refractivity contribution in [2.75, 3.05) is 5.32 Å². The van der Waals surface area contributed by atoms with Crippen LogP contribution < -0.4 is 5.32 Å². The van der Waals surface area contributed by atoms with Crippen LogP contribution in [0.2, 0.25) is 0 Å². The Morgan fingerprint density at radius 2 is 1.89 bits per heavy atom. The van der Waals surface area contributed by atoms with Gasteiger partial charge in [0.25, 0.3) is 5.69 Å². The van der Waals surface area contributed by atoms with Crippen LogP contribution in [0.25, 0.3) is 0 Å². The van der Waals surface area contributed by atoms with Crippen molar-refractivity contribution in [2.45, 2.75) is 6.54 Å². The van der Waals surface area contributed by atoms with Gasteiger partial charge in [-0.2, -0.15) is 0 Å². The van der Waals surface area contributed by atoms with Gasteiger partial charge in [-0.15, -0.1) is 0 Å². The van der Waals surface area contributed by atoms with Crippen molar-refractivity contribution < 1.29 is 10.0 Å². The Labute approximate surface area is 104 Å². The summed E-state index contributed by atoms with van der Waals surface area (Å²) >= 11 is 0. The minimum absolute atomic E-state index is 0.00355. The van der Waals surface area contributed by atoms with Gasteiger partial charge in [0.05, 0.1) is 4.92 Å². The average Bonchev–Trinajstić information content (AvgIpc) is 2.37. The number of anilines is 1. The van der Waals surface area contributed by atoms with Gasteiger partial charge >= 0.3 is 0 Å². The lowest BCUT2D eigenvalue weighted by atomic mass is 10.2. The maximum absolute atomic E-state index is 10.8. The molecule has 2 N–H and O–H groups in total. The summed E-state index contributed by atoms with van der Waals surface area (Å²) in [6.45, 7) is 0.463. The van der Waals surface area contributed by atoms with Gasteiger partial charge in [-0.3, -0.25) is 10.1 Å². The SMILES string of the molecule is O=[N+]([O-])c1ccc(O)cc1NCc1ccccc1. The highest BCUT2D eigenvalue weighted by Crippen LogP contribution is 2.28. The molecule has 0 radical (unpaired) electrons. The van der Waals surface area contributed by atoms with E-state index in [9.17, 15) is 15.2 Å². The molecule has 0 aromatic heterocycles. The molecule has 5 heteroatoms. The van der Waals surface area contributed by atoms with Gasteiger partial charge in [-0.25, -0.2) is 0 Å². The van der Waals surface area contributed by atoms with Crippen molar-refractivity contribution >= 4 is 11.4 Å². The second-order valence-electron chi connectivity index (χ2n) is 3.80. The van der Waals surface area contributed by atoms with E-state index in [1.54, 1.807) is 0 Å². The third-order valence-corrected chi connectivity index (χ3v) is 2.50. The lowest BCUT2D eigenvalue weighted by molar-refractivity contribution is -0.384. The van der Waals surface area contributed by atoms with E-state index < -0.39 is 4.92 Å². The number of hydrogen-bond donors (Lipinski definition) is 2. The molecule has 5 nitrogen and oxygen atoms in total. The fourth-order valence-electron chi connectivity index (χ4n) is 1.62. The summed E-state index contributed by atoms with van der Waals surface area (Å²) < 4.78 is 0. The number of benzene rings is 2. The topological polar surface area (TPSA) is 75.4 Å².